The first-order valence-corrected chi connectivity index (χ1v) is 10.7. The van der Waals surface area contributed by atoms with Gasteiger partial charge in [-0.25, -0.2) is 0 Å². The van der Waals surface area contributed by atoms with E-state index in [4.69, 9.17) is 16.6 Å². The average molecular weight is 415 g/mol. The SMILES string of the molecule is C=C/C(=C\C)C1=CCN(Cc2c(C)cccc2Cl)c2cc(C3=C(C)C=C3C)cnc21. The van der Waals surface area contributed by atoms with Gasteiger partial charge in [-0.2, -0.15) is 0 Å². The van der Waals surface area contributed by atoms with Crippen LogP contribution >= 0.6 is 11.6 Å². The average Bonchev–Trinajstić information content (AvgIpc) is 2.72. The maximum atomic E-state index is 6.56. The van der Waals surface area contributed by atoms with Crippen molar-refractivity contribution in [3.63, 3.8) is 0 Å². The molecule has 0 amide bonds. The summed E-state index contributed by atoms with van der Waals surface area (Å²) in [6.45, 7) is 14.0. The second kappa shape index (κ2) is 8.12. The van der Waals surface area contributed by atoms with Gasteiger partial charge in [-0.1, -0.05) is 54.6 Å². The molecule has 3 heteroatoms. The first kappa shape index (κ1) is 20.4. The summed E-state index contributed by atoms with van der Waals surface area (Å²) in [7, 11) is 0. The molecule has 0 N–H and O–H groups in total. The number of fused-ring (bicyclic) bond motifs is 1. The van der Waals surface area contributed by atoms with Crippen molar-refractivity contribution in [3.05, 3.63) is 105 Å². The lowest BCUT2D eigenvalue weighted by Gasteiger charge is -2.32. The third-order valence-electron chi connectivity index (χ3n) is 6.03. The fraction of sp³-hybridized carbons (Fsp3) is 0.222. The zero-order valence-electron chi connectivity index (χ0n) is 18.1. The zero-order valence-corrected chi connectivity index (χ0v) is 18.8. The fourth-order valence-electron chi connectivity index (χ4n) is 4.44. The lowest BCUT2D eigenvalue weighted by molar-refractivity contribution is 0.845. The lowest BCUT2D eigenvalue weighted by atomic mass is 9.85. The highest BCUT2D eigenvalue weighted by Gasteiger charge is 2.25. The van der Waals surface area contributed by atoms with E-state index in [1.54, 1.807) is 0 Å². The van der Waals surface area contributed by atoms with Crippen LogP contribution in [0.4, 0.5) is 5.69 Å². The number of pyridine rings is 1. The van der Waals surface area contributed by atoms with Gasteiger partial charge in [0.2, 0.25) is 0 Å². The van der Waals surface area contributed by atoms with Gasteiger partial charge in [0.25, 0.3) is 0 Å². The maximum Gasteiger partial charge on any atom is 0.0939 e. The number of rotatable bonds is 5. The Hall–Kier alpha value is -2.84. The molecule has 0 saturated carbocycles. The van der Waals surface area contributed by atoms with Crippen LogP contribution in [0.2, 0.25) is 5.02 Å². The van der Waals surface area contributed by atoms with E-state index in [-0.39, 0.29) is 0 Å². The van der Waals surface area contributed by atoms with Crippen LogP contribution in [0.25, 0.3) is 11.1 Å². The van der Waals surface area contributed by atoms with Crippen LogP contribution in [-0.4, -0.2) is 11.5 Å². The molecule has 2 nitrogen and oxygen atoms in total. The van der Waals surface area contributed by atoms with Crippen LogP contribution in [0.1, 0.15) is 43.2 Å². The summed E-state index contributed by atoms with van der Waals surface area (Å²) in [5.41, 5.74) is 11.9. The molecule has 0 spiro atoms. The quantitative estimate of drug-likeness (QED) is 0.476. The van der Waals surface area contributed by atoms with Crippen molar-refractivity contribution >= 4 is 28.4 Å². The summed E-state index contributed by atoms with van der Waals surface area (Å²) in [5, 5.41) is 0.812. The molecule has 2 heterocycles. The summed E-state index contributed by atoms with van der Waals surface area (Å²) < 4.78 is 0. The highest BCUT2D eigenvalue weighted by molar-refractivity contribution is 6.31. The minimum Gasteiger partial charge on any atom is -0.362 e. The van der Waals surface area contributed by atoms with Crippen molar-refractivity contribution in [2.45, 2.75) is 34.2 Å². The van der Waals surface area contributed by atoms with Crippen molar-refractivity contribution < 1.29 is 0 Å². The van der Waals surface area contributed by atoms with E-state index in [2.05, 4.69) is 62.6 Å². The lowest BCUT2D eigenvalue weighted by Crippen LogP contribution is -2.28. The number of benzene rings is 1. The van der Waals surface area contributed by atoms with Gasteiger partial charge < -0.3 is 4.90 Å². The van der Waals surface area contributed by atoms with Gasteiger partial charge in [0.15, 0.2) is 0 Å². The molecule has 2 aromatic rings. The topological polar surface area (TPSA) is 16.1 Å². The molecule has 1 aliphatic carbocycles. The summed E-state index contributed by atoms with van der Waals surface area (Å²) in [6, 6.07) is 8.38. The van der Waals surface area contributed by atoms with Crippen molar-refractivity contribution in [2.75, 3.05) is 11.4 Å². The number of anilines is 1. The molecule has 0 saturated heterocycles. The first-order chi connectivity index (χ1) is 14.4. The zero-order chi connectivity index (χ0) is 21.4. The summed E-state index contributed by atoms with van der Waals surface area (Å²) in [5.74, 6) is 0. The summed E-state index contributed by atoms with van der Waals surface area (Å²) in [6.07, 6.45) is 10.5. The first-order valence-electron chi connectivity index (χ1n) is 10.3. The minimum atomic E-state index is 0.750. The number of halogens is 1. The molecule has 0 atom stereocenters. The molecule has 1 aromatic carbocycles. The number of aryl methyl sites for hydroxylation is 1. The number of aromatic nitrogens is 1. The van der Waals surface area contributed by atoms with Gasteiger partial charge in [-0.15, -0.1) is 0 Å². The summed E-state index contributed by atoms with van der Waals surface area (Å²) in [4.78, 5) is 7.30. The largest absolute Gasteiger partial charge is 0.362 e. The molecular weight excluding hydrogens is 388 g/mol. The van der Waals surface area contributed by atoms with Gasteiger partial charge in [0, 0.05) is 35.4 Å². The van der Waals surface area contributed by atoms with E-state index in [9.17, 15) is 0 Å². The van der Waals surface area contributed by atoms with E-state index in [1.807, 2.05) is 31.3 Å². The molecule has 1 aliphatic heterocycles. The van der Waals surface area contributed by atoms with Crippen LogP contribution < -0.4 is 4.90 Å². The molecule has 2 aliphatic rings. The maximum absolute atomic E-state index is 6.56. The Balaban J connectivity index is 1.82. The van der Waals surface area contributed by atoms with Gasteiger partial charge >= 0.3 is 0 Å². The van der Waals surface area contributed by atoms with Crippen molar-refractivity contribution in [1.29, 1.82) is 0 Å². The molecule has 30 heavy (non-hydrogen) atoms. The van der Waals surface area contributed by atoms with E-state index in [0.717, 1.165) is 46.2 Å². The van der Waals surface area contributed by atoms with E-state index in [1.165, 1.54) is 27.8 Å². The van der Waals surface area contributed by atoms with Crippen molar-refractivity contribution in [2.24, 2.45) is 0 Å². The Morgan fingerprint density at radius 1 is 1.27 bits per heavy atom. The highest BCUT2D eigenvalue weighted by Crippen LogP contribution is 2.41. The highest BCUT2D eigenvalue weighted by atomic mass is 35.5. The molecule has 1 aromatic heterocycles. The number of hydrogen-bond acceptors (Lipinski definition) is 2. The van der Waals surface area contributed by atoms with Crippen LogP contribution in [0.3, 0.4) is 0 Å². The van der Waals surface area contributed by atoms with Crippen LogP contribution in [0, 0.1) is 6.92 Å². The predicted molar refractivity (Wildman–Crippen MR) is 130 cm³/mol. The molecule has 0 radical (unpaired) electrons. The molecular formula is C27H27ClN2. The molecule has 152 valence electrons. The normalized spacial score (nSPS) is 16.0. The number of nitrogens with zero attached hydrogens (tertiary/aromatic N) is 2. The Labute approximate surface area is 184 Å². The van der Waals surface area contributed by atoms with Gasteiger partial charge in [-0.05, 0) is 73.2 Å². The number of allylic oxidation sites excluding steroid dienone is 8. The Morgan fingerprint density at radius 2 is 2.07 bits per heavy atom. The molecule has 0 fully saturated rings. The molecule has 4 rings (SSSR count). The van der Waals surface area contributed by atoms with Crippen LogP contribution in [0.5, 0.6) is 0 Å². The van der Waals surface area contributed by atoms with E-state index in [0.29, 0.717) is 0 Å². The van der Waals surface area contributed by atoms with Gasteiger partial charge in [0.1, 0.15) is 0 Å². The van der Waals surface area contributed by atoms with Crippen molar-refractivity contribution in [1.82, 2.24) is 4.98 Å². The second-order valence-electron chi connectivity index (χ2n) is 7.96. The van der Waals surface area contributed by atoms with E-state index < -0.39 is 0 Å². The summed E-state index contributed by atoms with van der Waals surface area (Å²) >= 11 is 6.56. The molecule has 0 bridgehead atoms. The fourth-order valence-corrected chi connectivity index (χ4v) is 4.72. The van der Waals surface area contributed by atoms with Crippen LogP contribution in [0.15, 0.2) is 78.1 Å². The van der Waals surface area contributed by atoms with E-state index >= 15 is 0 Å². The standard InChI is InChI=1S/C27H27ClN2/c1-6-20(7-2)22-11-12-30(16-23-17(3)9-8-10-24(23)28)25-14-21(15-29-27(22)25)26-18(4)13-19(26)5/h6-11,13-15H,1,12,16H2,2-5H3/b20-7+. The predicted octanol–water partition coefficient (Wildman–Crippen LogP) is 7.31. The molecule has 0 unspecified atom stereocenters. The third kappa shape index (κ3) is 3.46. The third-order valence-corrected chi connectivity index (χ3v) is 6.39. The second-order valence-corrected chi connectivity index (χ2v) is 8.37. The Kier molecular flexibility index (Phi) is 5.53. The van der Waals surface area contributed by atoms with Gasteiger partial charge in [-0.3, -0.25) is 4.98 Å². The van der Waals surface area contributed by atoms with Gasteiger partial charge in [0.05, 0.1) is 11.4 Å². The van der Waals surface area contributed by atoms with Crippen molar-refractivity contribution in [3.8, 4) is 0 Å². The van der Waals surface area contributed by atoms with Crippen LogP contribution in [-0.2, 0) is 6.54 Å². The Bertz CT molecular complexity index is 1140. The Morgan fingerprint density at radius 3 is 2.70 bits per heavy atom. The minimum absolute atomic E-state index is 0.750. The smallest absolute Gasteiger partial charge is 0.0939 e. The number of hydrogen-bond donors (Lipinski definition) is 0. The monoisotopic (exact) mass is 414 g/mol.